The molecule has 5 N–H and O–H groups in total. The Kier molecular flexibility index (Phi) is 5.38. The normalized spacial score (nSPS) is 10.1. The molecule has 96 valence electrons. The summed E-state index contributed by atoms with van der Waals surface area (Å²) in [5.74, 6) is 0.995. The Morgan fingerprint density at radius 2 is 1.71 bits per heavy atom. The summed E-state index contributed by atoms with van der Waals surface area (Å²) < 4.78 is 10.6. The van der Waals surface area contributed by atoms with Gasteiger partial charge in [0, 0.05) is 13.1 Å². The lowest BCUT2D eigenvalue weighted by molar-refractivity contribution is 0.195. The van der Waals surface area contributed by atoms with Gasteiger partial charge in [-0.25, -0.2) is 0 Å². The first-order valence-corrected chi connectivity index (χ1v) is 5.31. The highest BCUT2D eigenvalue weighted by Gasteiger charge is 2.09. The number of nitrogens with two attached hydrogens (primary N) is 1. The van der Waals surface area contributed by atoms with Gasteiger partial charge in [-0.3, -0.25) is 0 Å². The first-order valence-electron chi connectivity index (χ1n) is 5.31. The van der Waals surface area contributed by atoms with Crippen LogP contribution in [0.25, 0.3) is 0 Å². The van der Waals surface area contributed by atoms with Gasteiger partial charge in [-0.15, -0.1) is 0 Å². The molecule has 0 spiro atoms. The summed E-state index contributed by atoms with van der Waals surface area (Å²) in [5, 5.41) is 20.3. The Hall–Kier alpha value is -1.66. The number of ether oxygens (including phenoxy) is 2. The number of anilines is 2. The maximum Gasteiger partial charge on any atom is 0.146 e. The smallest absolute Gasteiger partial charge is 0.146 e. The Morgan fingerprint density at radius 3 is 2.24 bits per heavy atom. The monoisotopic (exact) mass is 242 g/mol. The van der Waals surface area contributed by atoms with Crippen LogP contribution in [0.5, 0.6) is 11.5 Å². The highest BCUT2D eigenvalue weighted by molar-refractivity contribution is 5.69. The van der Waals surface area contributed by atoms with Crippen LogP contribution in [0.15, 0.2) is 12.1 Å². The van der Waals surface area contributed by atoms with Gasteiger partial charge in [-0.1, -0.05) is 0 Å². The van der Waals surface area contributed by atoms with Crippen molar-refractivity contribution in [1.82, 2.24) is 0 Å². The molecule has 0 aliphatic rings. The standard InChI is InChI=1S/C11H18N2O4/c1-13-9-6-8(12)10(16-4-2-14)7-11(9)17-5-3-15/h6-7,13-15H,2-5,12H2,1H3. The second kappa shape index (κ2) is 6.82. The summed E-state index contributed by atoms with van der Waals surface area (Å²) in [6.07, 6.45) is 0. The molecule has 0 aliphatic carbocycles. The van der Waals surface area contributed by atoms with E-state index in [0.29, 0.717) is 22.9 Å². The zero-order chi connectivity index (χ0) is 12.7. The van der Waals surface area contributed by atoms with Crippen LogP contribution in [0.1, 0.15) is 0 Å². The number of hydrogen-bond donors (Lipinski definition) is 4. The molecular formula is C11H18N2O4. The molecule has 0 saturated carbocycles. The van der Waals surface area contributed by atoms with Gasteiger partial charge < -0.3 is 30.7 Å². The van der Waals surface area contributed by atoms with Gasteiger partial charge in [-0.2, -0.15) is 0 Å². The second-order valence-corrected chi connectivity index (χ2v) is 3.28. The van der Waals surface area contributed by atoms with E-state index in [2.05, 4.69) is 5.32 Å². The molecule has 0 amide bonds. The number of nitrogen functional groups attached to an aromatic ring is 1. The maximum absolute atomic E-state index is 8.72. The van der Waals surface area contributed by atoms with Crippen molar-refractivity contribution in [3.8, 4) is 11.5 Å². The van der Waals surface area contributed by atoms with E-state index in [1.54, 1.807) is 19.2 Å². The van der Waals surface area contributed by atoms with Crippen molar-refractivity contribution in [2.45, 2.75) is 0 Å². The number of aliphatic hydroxyl groups excluding tert-OH is 2. The molecular weight excluding hydrogens is 224 g/mol. The van der Waals surface area contributed by atoms with Crippen LogP contribution in [0.2, 0.25) is 0 Å². The van der Waals surface area contributed by atoms with E-state index < -0.39 is 0 Å². The van der Waals surface area contributed by atoms with E-state index >= 15 is 0 Å². The maximum atomic E-state index is 8.72. The lowest BCUT2D eigenvalue weighted by atomic mass is 10.2. The Morgan fingerprint density at radius 1 is 1.12 bits per heavy atom. The van der Waals surface area contributed by atoms with Gasteiger partial charge in [0.15, 0.2) is 0 Å². The predicted molar refractivity (Wildman–Crippen MR) is 65.6 cm³/mol. The molecule has 0 unspecified atom stereocenters. The van der Waals surface area contributed by atoms with Gasteiger partial charge in [-0.05, 0) is 6.07 Å². The fraction of sp³-hybridized carbons (Fsp3) is 0.455. The van der Waals surface area contributed by atoms with Crippen molar-refractivity contribution in [2.75, 3.05) is 44.5 Å². The first-order chi connectivity index (χ1) is 8.22. The topological polar surface area (TPSA) is 97.0 Å². The van der Waals surface area contributed by atoms with Crippen molar-refractivity contribution < 1.29 is 19.7 Å². The number of nitrogens with one attached hydrogen (secondary N) is 1. The summed E-state index contributed by atoms with van der Waals surface area (Å²) in [5.41, 5.74) is 6.96. The summed E-state index contributed by atoms with van der Waals surface area (Å²) in [4.78, 5) is 0. The van der Waals surface area contributed by atoms with Crippen molar-refractivity contribution in [1.29, 1.82) is 0 Å². The van der Waals surface area contributed by atoms with E-state index in [1.807, 2.05) is 0 Å². The average molecular weight is 242 g/mol. The summed E-state index contributed by atoms with van der Waals surface area (Å²) in [7, 11) is 1.74. The predicted octanol–water partition coefficient (Wildman–Crippen LogP) is 0.0527. The molecule has 1 aromatic carbocycles. The lowest BCUT2D eigenvalue weighted by Crippen LogP contribution is -2.07. The van der Waals surface area contributed by atoms with Crippen molar-refractivity contribution in [2.24, 2.45) is 0 Å². The third-order valence-corrected chi connectivity index (χ3v) is 2.08. The van der Waals surface area contributed by atoms with Crippen LogP contribution in [0, 0.1) is 0 Å². The summed E-state index contributed by atoms with van der Waals surface area (Å²) >= 11 is 0. The molecule has 17 heavy (non-hydrogen) atoms. The zero-order valence-electron chi connectivity index (χ0n) is 9.77. The number of hydrogen-bond acceptors (Lipinski definition) is 6. The lowest BCUT2D eigenvalue weighted by Gasteiger charge is -2.14. The van der Waals surface area contributed by atoms with Gasteiger partial charge in [0.05, 0.1) is 24.6 Å². The molecule has 0 aromatic heterocycles. The van der Waals surface area contributed by atoms with Gasteiger partial charge in [0.1, 0.15) is 24.7 Å². The highest BCUT2D eigenvalue weighted by Crippen LogP contribution is 2.34. The van der Waals surface area contributed by atoms with E-state index in [0.717, 1.165) is 0 Å². The quantitative estimate of drug-likeness (QED) is 0.505. The van der Waals surface area contributed by atoms with Crippen molar-refractivity contribution >= 4 is 11.4 Å². The zero-order valence-corrected chi connectivity index (χ0v) is 9.77. The van der Waals surface area contributed by atoms with Crippen LogP contribution in [0.3, 0.4) is 0 Å². The van der Waals surface area contributed by atoms with E-state index in [9.17, 15) is 0 Å². The van der Waals surface area contributed by atoms with Crippen LogP contribution in [-0.4, -0.2) is 43.7 Å². The number of aliphatic hydroxyl groups is 2. The van der Waals surface area contributed by atoms with Crippen LogP contribution in [-0.2, 0) is 0 Å². The Balaban J connectivity index is 2.91. The summed E-state index contributed by atoms with van der Waals surface area (Å²) in [6.45, 7) is 0.209. The van der Waals surface area contributed by atoms with Gasteiger partial charge in [0.2, 0.25) is 0 Å². The minimum atomic E-state index is -0.0833. The third kappa shape index (κ3) is 3.69. The third-order valence-electron chi connectivity index (χ3n) is 2.08. The Bertz CT molecular complexity index is 358. The van der Waals surface area contributed by atoms with Crippen molar-refractivity contribution in [3.63, 3.8) is 0 Å². The molecule has 1 rings (SSSR count). The summed E-state index contributed by atoms with van der Waals surface area (Å²) in [6, 6.07) is 3.31. The van der Waals surface area contributed by atoms with Crippen LogP contribution >= 0.6 is 0 Å². The molecule has 6 nitrogen and oxygen atoms in total. The largest absolute Gasteiger partial charge is 0.489 e. The SMILES string of the molecule is CNc1cc(N)c(OCCO)cc1OCCO. The molecule has 0 saturated heterocycles. The average Bonchev–Trinajstić information content (AvgIpc) is 2.35. The number of benzene rings is 1. The molecule has 1 aromatic rings. The minimum Gasteiger partial charge on any atom is -0.489 e. The molecule has 0 bridgehead atoms. The van der Waals surface area contributed by atoms with E-state index in [-0.39, 0.29) is 26.4 Å². The Labute approximate surface area is 100.0 Å². The van der Waals surface area contributed by atoms with E-state index in [1.165, 1.54) is 0 Å². The molecule has 0 atom stereocenters. The highest BCUT2D eigenvalue weighted by atomic mass is 16.5. The van der Waals surface area contributed by atoms with Gasteiger partial charge in [0.25, 0.3) is 0 Å². The fourth-order valence-corrected chi connectivity index (χ4v) is 1.33. The van der Waals surface area contributed by atoms with Crippen molar-refractivity contribution in [3.05, 3.63) is 12.1 Å². The second-order valence-electron chi connectivity index (χ2n) is 3.28. The van der Waals surface area contributed by atoms with Crippen LogP contribution in [0.4, 0.5) is 11.4 Å². The van der Waals surface area contributed by atoms with E-state index in [4.69, 9.17) is 25.4 Å². The van der Waals surface area contributed by atoms with Crippen LogP contribution < -0.4 is 20.5 Å². The molecule has 6 heteroatoms. The number of rotatable bonds is 7. The molecule has 0 fully saturated rings. The first kappa shape index (κ1) is 13.4. The molecule has 0 heterocycles. The molecule has 0 radical (unpaired) electrons. The van der Waals surface area contributed by atoms with Gasteiger partial charge >= 0.3 is 0 Å². The fourth-order valence-electron chi connectivity index (χ4n) is 1.33. The molecule has 0 aliphatic heterocycles. The minimum absolute atomic E-state index is 0.0691.